The second-order valence-corrected chi connectivity index (χ2v) is 18.0. The number of fused-ring (bicyclic) bond motifs is 3. The third-order valence-electron chi connectivity index (χ3n) is 11.0. The van der Waals surface area contributed by atoms with E-state index >= 15 is 0 Å². The van der Waals surface area contributed by atoms with E-state index in [0.29, 0.717) is 31.4 Å². The summed E-state index contributed by atoms with van der Waals surface area (Å²) in [4.78, 5) is 62.3. The highest BCUT2D eigenvalue weighted by Gasteiger charge is 2.67. The van der Waals surface area contributed by atoms with Crippen molar-refractivity contribution in [2.75, 3.05) is 6.54 Å². The molecule has 5 aliphatic rings. The first-order valence-electron chi connectivity index (χ1n) is 18.5. The summed E-state index contributed by atoms with van der Waals surface area (Å²) >= 11 is 0. The Morgan fingerprint density at radius 2 is 1.50 bits per heavy atom. The van der Waals surface area contributed by atoms with Crippen LogP contribution in [0.25, 0.3) is 11.1 Å². The quantitative estimate of drug-likeness (QED) is 0.243. The van der Waals surface area contributed by atoms with E-state index in [1.54, 1.807) is 20.8 Å². The third-order valence-corrected chi connectivity index (χ3v) is 12.8. The number of hydrogen-bond acceptors (Lipinski definition) is 9. The van der Waals surface area contributed by atoms with E-state index in [2.05, 4.69) is 15.8 Å². The molecular formula is C38H45F2N5O8S. The lowest BCUT2D eigenvalue weighted by molar-refractivity contribution is -0.143. The number of likely N-dealkylation sites (tertiary alicyclic amines) is 1. The lowest BCUT2D eigenvalue weighted by atomic mass is 9.85. The van der Waals surface area contributed by atoms with Crippen LogP contribution in [-0.4, -0.2) is 90.9 Å². The van der Waals surface area contributed by atoms with E-state index < -0.39 is 87.0 Å². The molecule has 4 amide bonds. The van der Waals surface area contributed by atoms with Crippen LogP contribution >= 0.6 is 0 Å². The van der Waals surface area contributed by atoms with Crippen molar-refractivity contribution in [1.29, 1.82) is 0 Å². The molecular weight excluding hydrogens is 725 g/mol. The zero-order chi connectivity index (χ0) is 38.6. The molecule has 0 spiro atoms. The summed E-state index contributed by atoms with van der Waals surface area (Å²) in [5, 5.41) is 8.83. The van der Waals surface area contributed by atoms with Crippen LogP contribution in [0.4, 0.5) is 13.6 Å². The Labute approximate surface area is 312 Å². The Balaban J connectivity index is 1.16. The minimum Gasteiger partial charge on any atom is -0.446 e. The van der Waals surface area contributed by atoms with E-state index in [0.717, 1.165) is 35.1 Å². The molecule has 1 aliphatic heterocycles. The molecule has 1 heterocycles. The molecule has 0 bridgehead atoms. The van der Waals surface area contributed by atoms with Gasteiger partial charge in [-0.1, -0.05) is 74.5 Å². The number of oxime groups is 1. The average molecular weight is 770 g/mol. The van der Waals surface area contributed by atoms with Crippen molar-refractivity contribution in [2.24, 2.45) is 16.5 Å². The summed E-state index contributed by atoms with van der Waals surface area (Å²) in [6.45, 7) is 5.05. The van der Waals surface area contributed by atoms with Crippen LogP contribution in [0.2, 0.25) is 0 Å². The molecule has 290 valence electrons. The molecule has 4 aliphatic carbocycles. The van der Waals surface area contributed by atoms with E-state index in [-0.39, 0.29) is 19.1 Å². The lowest BCUT2D eigenvalue weighted by Gasteiger charge is -2.35. The van der Waals surface area contributed by atoms with Gasteiger partial charge in [0.1, 0.15) is 35.5 Å². The van der Waals surface area contributed by atoms with Crippen molar-refractivity contribution >= 4 is 39.5 Å². The monoisotopic (exact) mass is 769 g/mol. The minimum atomic E-state index is -4.12. The van der Waals surface area contributed by atoms with E-state index in [4.69, 9.17) is 9.57 Å². The Morgan fingerprint density at radius 1 is 0.907 bits per heavy atom. The standard InChI is InChI=1S/C38H45F2N5O8S/c1-37(2,3)31(41-36(49)52-21-10-4-5-11-21)34(47)45-20-22(53-43-30-26-14-8-6-12-24(26)25-13-7-9-15-27(25)30)18-29(45)33(46)42-38(19-28(38)32(39)40)35(48)44-54(50,51)23-16-17-23/h6-9,12-15,21-23,28-29,31-32H,4-5,10-11,16-20H2,1-3H3,(H,41,49)(H,42,46)(H,44,48)/t22-,28+,29?,31-,38+/m1/s1. The molecule has 1 saturated heterocycles. The van der Waals surface area contributed by atoms with Crippen LogP contribution in [0.1, 0.15) is 83.3 Å². The Morgan fingerprint density at radius 3 is 2.04 bits per heavy atom. The zero-order valence-electron chi connectivity index (χ0n) is 30.3. The van der Waals surface area contributed by atoms with Crippen molar-refractivity contribution in [3.63, 3.8) is 0 Å². The molecule has 16 heteroatoms. The van der Waals surface area contributed by atoms with Crippen LogP contribution in [0.5, 0.6) is 0 Å². The molecule has 2 aromatic carbocycles. The molecule has 7 rings (SSSR count). The van der Waals surface area contributed by atoms with Crippen LogP contribution in [0.3, 0.4) is 0 Å². The number of nitrogens with zero attached hydrogens (tertiary/aromatic N) is 2. The number of carbonyl (C=O) groups is 4. The van der Waals surface area contributed by atoms with Crippen molar-refractivity contribution in [3.05, 3.63) is 59.7 Å². The number of benzene rings is 2. The van der Waals surface area contributed by atoms with Gasteiger partial charge in [0.15, 0.2) is 0 Å². The summed E-state index contributed by atoms with van der Waals surface area (Å²) in [6, 6.07) is 12.8. The van der Waals surface area contributed by atoms with Gasteiger partial charge in [0.2, 0.25) is 28.3 Å². The first-order chi connectivity index (χ1) is 25.6. The van der Waals surface area contributed by atoms with Gasteiger partial charge in [0.25, 0.3) is 5.91 Å². The van der Waals surface area contributed by atoms with Crippen LogP contribution in [0.15, 0.2) is 53.7 Å². The molecule has 0 aromatic heterocycles. The number of sulfonamides is 1. The molecule has 4 fully saturated rings. The smallest absolute Gasteiger partial charge is 0.408 e. The van der Waals surface area contributed by atoms with E-state index in [1.807, 2.05) is 53.3 Å². The third kappa shape index (κ3) is 7.40. The molecule has 3 saturated carbocycles. The Bertz CT molecular complexity index is 1930. The predicted octanol–water partition coefficient (Wildman–Crippen LogP) is 4.24. The summed E-state index contributed by atoms with van der Waals surface area (Å²) in [7, 11) is -4.12. The van der Waals surface area contributed by atoms with Gasteiger partial charge in [-0.25, -0.2) is 22.0 Å². The zero-order valence-corrected chi connectivity index (χ0v) is 31.2. The lowest BCUT2D eigenvalue weighted by Crippen LogP contribution is -2.60. The normalized spacial score (nSPS) is 25.4. The maximum absolute atomic E-state index is 14.5. The fourth-order valence-corrected chi connectivity index (χ4v) is 9.11. The second kappa shape index (κ2) is 14.2. The van der Waals surface area contributed by atoms with Gasteiger partial charge in [-0.3, -0.25) is 19.1 Å². The summed E-state index contributed by atoms with van der Waals surface area (Å²) in [5.41, 5.74) is 1.06. The van der Waals surface area contributed by atoms with Gasteiger partial charge in [-0.05, 0) is 61.5 Å². The van der Waals surface area contributed by atoms with Gasteiger partial charge in [0, 0.05) is 17.5 Å². The van der Waals surface area contributed by atoms with Crippen molar-refractivity contribution in [3.8, 4) is 11.1 Å². The largest absolute Gasteiger partial charge is 0.446 e. The molecule has 2 aromatic rings. The highest BCUT2D eigenvalue weighted by atomic mass is 32.2. The fourth-order valence-electron chi connectivity index (χ4n) is 7.75. The van der Waals surface area contributed by atoms with E-state index in [9.17, 15) is 36.4 Å². The van der Waals surface area contributed by atoms with Gasteiger partial charge in [-0.15, -0.1) is 0 Å². The fraction of sp³-hybridized carbons (Fsp3) is 0.553. The van der Waals surface area contributed by atoms with Crippen molar-refractivity contribution in [1.82, 2.24) is 20.3 Å². The maximum Gasteiger partial charge on any atom is 0.408 e. The number of rotatable bonds is 11. The average Bonchev–Trinajstić information content (AvgIpc) is 3.97. The van der Waals surface area contributed by atoms with Gasteiger partial charge >= 0.3 is 6.09 Å². The summed E-state index contributed by atoms with van der Waals surface area (Å²) < 4.78 is 60.9. The number of amides is 4. The van der Waals surface area contributed by atoms with Crippen molar-refractivity contribution < 1.29 is 46.0 Å². The van der Waals surface area contributed by atoms with Gasteiger partial charge in [-0.2, -0.15) is 0 Å². The first kappa shape index (κ1) is 37.7. The van der Waals surface area contributed by atoms with Crippen LogP contribution in [-0.2, 0) is 34.0 Å². The molecule has 54 heavy (non-hydrogen) atoms. The predicted molar refractivity (Wildman–Crippen MR) is 193 cm³/mol. The Hall–Kier alpha value is -4.60. The molecule has 3 N–H and O–H groups in total. The Kier molecular flexibility index (Phi) is 9.94. The number of ether oxygens (including phenoxy) is 1. The van der Waals surface area contributed by atoms with Crippen LogP contribution in [0, 0.1) is 11.3 Å². The number of alkyl carbamates (subject to hydrolysis) is 1. The summed E-state index contributed by atoms with van der Waals surface area (Å²) in [6.07, 6.45) is -1.66. The number of carbonyl (C=O) groups excluding carboxylic acids is 4. The molecule has 13 nitrogen and oxygen atoms in total. The number of alkyl halides is 2. The van der Waals surface area contributed by atoms with Gasteiger partial charge < -0.3 is 25.1 Å². The number of hydrogen-bond donors (Lipinski definition) is 3. The minimum absolute atomic E-state index is 0.140. The van der Waals surface area contributed by atoms with Crippen LogP contribution < -0.4 is 15.4 Å². The maximum atomic E-state index is 14.5. The number of halogens is 2. The molecule has 1 unspecified atom stereocenters. The second-order valence-electron chi connectivity index (χ2n) is 16.0. The van der Waals surface area contributed by atoms with Crippen molar-refractivity contribution in [2.45, 2.75) is 114 Å². The van der Waals surface area contributed by atoms with Gasteiger partial charge in [0.05, 0.1) is 17.7 Å². The molecule has 0 radical (unpaired) electrons. The summed E-state index contributed by atoms with van der Waals surface area (Å²) in [5.74, 6) is -4.48. The number of nitrogens with one attached hydrogen (secondary N) is 3. The first-order valence-corrected chi connectivity index (χ1v) is 20.0. The SMILES string of the molecule is CC(C)(C)[C@H](NC(=O)OC1CCCC1)C(=O)N1C[C@H](ON=C2c3ccccc3-c3ccccc32)CC1C(=O)N[C@@]1(C(=O)NS(=O)(=O)C2CC2)C[C@H]1C(F)F. The highest BCUT2D eigenvalue weighted by Crippen LogP contribution is 2.48. The highest BCUT2D eigenvalue weighted by molar-refractivity contribution is 7.91. The molecule has 5 atom stereocenters. The topological polar surface area (TPSA) is 173 Å². The van der Waals surface area contributed by atoms with E-state index in [1.165, 1.54) is 4.90 Å².